The maximum atomic E-state index is 12.7. The number of aryl methyl sites for hydroxylation is 1. The van der Waals surface area contributed by atoms with Gasteiger partial charge in [0.15, 0.2) is 5.82 Å². The Morgan fingerprint density at radius 1 is 1.45 bits per heavy atom. The summed E-state index contributed by atoms with van der Waals surface area (Å²) in [5.41, 5.74) is 6.03. The van der Waals surface area contributed by atoms with Gasteiger partial charge in [-0.1, -0.05) is 17.7 Å². The monoisotopic (exact) mass is 195 g/mol. The minimum atomic E-state index is -0.526. The Morgan fingerprint density at radius 3 is 2.45 bits per heavy atom. The Labute approximate surface area is 75.8 Å². The van der Waals surface area contributed by atoms with Crippen molar-refractivity contribution in [2.24, 2.45) is 0 Å². The third-order valence-corrected chi connectivity index (χ3v) is 1.77. The second-order valence-corrected chi connectivity index (χ2v) is 2.48. The van der Waals surface area contributed by atoms with Crippen molar-refractivity contribution in [3.05, 3.63) is 28.5 Å². The Bertz CT molecular complexity index is 236. The van der Waals surface area contributed by atoms with E-state index in [9.17, 15) is 4.39 Å². The zero-order valence-corrected chi connectivity index (χ0v) is 7.47. The first-order valence-corrected chi connectivity index (χ1v) is 3.21. The average molecular weight is 196 g/mol. The molecule has 0 atom stereocenters. The third-order valence-electron chi connectivity index (χ3n) is 1.31. The molecule has 1 aromatic rings. The number of rotatable bonds is 0. The van der Waals surface area contributed by atoms with E-state index in [1.165, 1.54) is 6.07 Å². The number of hydrogen-bond acceptors (Lipinski definition) is 1. The van der Waals surface area contributed by atoms with E-state index in [1.807, 2.05) is 0 Å². The molecular formula is C7H8Cl2FN. The summed E-state index contributed by atoms with van der Waals surface area (Å²) in [5.74, 6) is -0.526. The lowest BCUT2D eigenvalue weighted by Crippen LogP contribution is -1.91. The summed E-state index contributed by atoms with van der Waals surface area (Å²) < 4.78 is 12.7. The highest BCUT2D eigenvalue weighted by Gasteiger charge is 2.04. The highest BCUT2D eigenvalue weighted by molar-refractivity contribution is 6.31. The van der Waals surface area contributed by atoms with Gasteiger partial charge in [0.2, 0.25) is 0 Å². The van der Waals surface area contributed by atoms with Crippen LogP contribution in [0.1, 0.15) is 5.56 Å². The fraction of sp³-hybridized carbons (Fsp3) is 0.143. The lowest BCUT2D eigenvalue weighted by molar-refractivity contribution is 0.632. The van der Waals surface area contributed by atoms with Crippen molar-refractivity contribution < 1.29 is 4.39 Å². The highest BCUT2D eigenvalue weighted by atomic mass is 35.5. The summed E-state index contributed by atoms with van der Waals surface area (Å²) in [7, 11) is 0. The molecule has 0 amide bonds. The van der Waals surface area contributed by atoms with Gasteiger partial charge >= 0.3 is 0 Å². The highest BCUT2D eigenvalue weighted by Crippen LogP contribution is 2.23. The van der Waals surface area contributed by atoms with E-state index in [-0.39, 0.29) is 23.1 Å². The van der Waals surface area contributed by atoms with Gasteiger partial charge in [-0.25, -0.2) is 4.39 Å². The van der Waals surface area contributed by atoms with Crippen LogP contribution in [0.5, 0.6) is 0 Å². The quantitative estimate of drug-likeness (QED) is 0.634. The van der Waals surface area contributed by atoms with Crippen LogP contribution in [0.15, 0.2) is 12.1 Å². The fourth-order valence-electron chi connectivity index (χ4n) is 0.661. The van der Waals surface area contributed by atoms with Crippen LogP contribution in [0.4, 0.5) is 10.1 Å². The fourth-order valence-corrected chi connectivity index (χ4v) is 0.833. The van der Waals surface area contributed by atoms with Crippen LogP contribution in [-0.2, 0) is 0 Å². The molecule has 0 aromatic heterocycles. The molecule has 0 heterocycles. The minimum absolute atomic E-state index is 0. The first kappa shape index (κ1) is 10.5. The summed E-state index contributed by atoms with van der Waals surface area (Å²) >= 11 is 5.53. The smallest absolute Gasteiger partial charge is 0.164 e. The Kier molecular flexibility index (Phi) is 3.63. The Hall–Kier alpha value is -0.470. The van der Waals surface area contributed by atoms with Gasteiger partial charge in [-0.3, -0.25) is 0 Å². The van der Waals surface area contributed by atoms with Gasteiger partial charge < -0.3 is 5.73 Å². The lowest BCUT2D eigenvalue weighted by Gasteiger charge is -2.00. The van der Waals surface area contributed by atoms with E-state index in [4.69, 9.17) is 17.3 Å². The number of benzene rings is 1. The summed E-state index contributed by atoms with van der Waals surface area (Å²) in [4.78, 5) is 0. The van der Waals surface area contributed by atoms with E-state index in [1.54, 1.807) is 13.0 Å². The largest absolute Gasteiger partial charge is 0.396 e. The second-order valence-electron chi connectivity index (χ2n) is 2.10. The van der Waals surface area contributed by atoms with Crippen molar-refractivity contribution in [2.75, 3.05) is 5.73 Å². The predicted molar refractivity (Wildman–Crippen MR) is 47.8 cm³/mol. The molecule has 4 heteroatoms. The normalized spacial score (nSPS) is 9.00. The molecule has 0 spiro atoms. The molecule has 0 unspecified atom stereocenters. The summed E-state index contributed by atoms with van der Waals surface area (Å²) in [6.45, 7) is 1.73. The summed E-state index contributed by atoms with van der Waals surface area (Å²) in [6.07, 6.45) is 0. The van der Waals surface area contributed by atoms with Crippen LogP contribution in [0, 0.1) is 12.7 Å². The standard InChI is InChI=1S/C7H7ClFN.ClH/c1-4-2-3-5(10)7(9)6(4)8;/h2-3H,10H2,1H3;1H. The molecule has 2 N–H and O–H groups in total. The number of hydrogen-bond donors (Lipinski definition) is 1. The van der Waals surface area contributed by atoms with Crippen LogP contribution >= 0.6 is 24.0 Å². The van der Waals surface area contributed by atoms with Crippen LogP contribution in [0.3, 0.4) is 0 Å². The van der Waals surface area contributed by atoms with E-state index >= 15 is 0 Å². The van der Waals surface area contributed by atoms with E-state index in [0.717, 1.165) is 0 Å². The summed E-state index contributed by atoms with van der Waals surface area (Å²) in [5, 5.41) is 0.111. The van der Waals surface area contributed by atoms with Crippen molar-refractivity contribution in [2.45, 2.75) is 6.92 Å². The van der Waals surface area contributed by atoms with Crippen molar-refractivity contribution in [1.82, 2.24) is 0 Å². The molecule has 1 nitrogen and oxygen atoms in total. The first-order chi connectivity index (χ1) is 4.63. The molecule has 11 heavy (non-hydrogen) atoms. The molecule has 0 aliphatic rings. The van der Waals surface area contributed by atoms with E-state index < -0.39 is 5.82 Å². The van der Waals surface area contributed by atoms with Gasteiger partial charge in [-0.2, -0.15) is 0 Å². The molecule has 1 rings (SSSR count). The van der Waals surface area contributed by atoms with Crippen molar-refractivity contribution >= 4 is 29.7 Å². The average Bonchev–Trinajstić information content (AvgIpc) is 1.93. The molecular weight excluding hydrogens is 188 g/mol. The van der Waals surface area contributed by atoms with Crippen LogP contribution in [-0.4, -0.2) is 0 Å². The molecule has 1 aromatic carbocycles. The van der Waals surface area contributed by atoms with Crippen molar-refractivity contribution in [3.8, 4) is 0 Å². The number of halogens is 3. The molecule has 62 valence electrons. The van der Waals surface area contributed by atoms with Gasteiger partial charge in [0.25, 0.3) is 0 Å². The first-order valence-electron chi connectivity index (χ1n) is 2.83. The van der Waals surface area contributed by atoms with Gasteiger partial charge in [-0.05, 0) is 18.6 Å². The van der Waals surface area contributed by atoms with Crippen molar-refractivity contribution in [1.29, 1.82) is 0 Å². The molecule has 0 saturated carbocycles. The molecule has 0 radical (unpaired) electrons. The number of nitrogen functional groups attached to an aromatic ring is 1. The van der Waals surface area contributed by atoms with Crippen LogP contribution in [0.25, 0.3) is 0 Å². The van der Waals surface area contributed by atoms with Crippen molar-refractivity contribution in [3.63, 3.8) is 0 Å². The zero-order chi connectivity index (χ0) is 7.72. The SMILES string of the molecule is Cc1ccc(N)c(F)c1Cl.Cl. The Morgan fingerprint density at radius 2 is 2.00 bits per heavy atom. The predicted octanol–water partition coefficient (Wildman–Crippen LogP) is 2.79. The van der Waals surface area contributed by atoms with Gasteiger partial charge in [0, 0.05) is 0 Å². The molecule has 0 aliphatic heterocycles. The Balaban J connectivity index is 0.000001000. The minimum Gasteiger partial charge on any atom is -0.396 e. The van der Waals surface area contributed by atoms with Crippen LogP contribution < -0.4 is 5.73 Å². The third kappa shape index (κ3) is 1.98. The number of nitrogens with two attached hydrogens (primary N) is 1. The summed E-state index contributed by atoms with van der Waals surface area (Å²) in [6, 6.07) is 3.18. The second kappa shape index (κ2) is 3.79. The van der Waals surface area contributed by atoms with Crippen LogP contribution in [0.2, 0.25) is 5.02 Å². The van der Waals surface area contributed by atoms with E-state index in [0.29, 0.717) is 5.56 Å². The van der Waals surface area contributed by atoms with Gasteiger partial charge in [-0.15, -0.1) is 12.4 Å². The molecule has 0 aliphatic carbocycles. The maximum Gasteiger partial charge on any atom is 0.164 e. The van der Waals surface area contributed by atoms with Gasteiger partial charge in [0.1, 0.15) is 0 Å². The zero-order valence-electron chi connectivity index (χ0n) is 5.90. The van der Waals surface area contributed by atoms with E-state index in [2.05, 4.69) is 0 Å². The molecule has 0 bridgehead atoms. The maximum absolute atomic E-state index is 12.7. The number of anilines is 1. The molecule has 0 saturated heterocycles. The topological polar surface area (TPSA) is 26.0 Å². The molecule has 0 fully saturated rings. The van der Waals surface area contributed by atoms with Gasteiger partial charge in [0.05, 0.1) is 10.7 Å². The lowest BCUT2D eigenvalue weighted by atomic mass is 10.2.